The molecule has 2 heterocycles. The fourth-order valence-corrected chi connectivity index (χ4v) is 2.35. The van der Waals surface area contributed by atoms with E-state index in [9.17, 15) is 4.79 Å². The Balaban J connectivity index is 2.41. The Kier molecular flexibility index (Phi) is 3.43. The molecular weight excluding hydrogens is 252 g/mol. The Morgan fingerprint density at radius 2 is 2.17 bits per heavy atom. The summed E-state index contributed by atoms with van der Waals surface area (Å²) in [6.45, 7) is 3.76. The zero-order chi connectivity index (χ0) is 13.1. The SMILES string of the molecule is CC(C)n1c(Sc2nccnc2C#N)n[nH]c1=O. The van der Waals surface area contributed by atoms with Crippen molar-refractivity contribution in [2.75, 3.05) is 0 Å². The predicted molar refractivity (Wildman–Crippen MR) is 64.1 cm³/mol. The molecule has 0 radical (unpaired) electrons. The summed E-state index contributed by atoms with van der Waals surface area (Å²) >= 11 is 1.14. The number of H-pyrrole nitrogens is 1. The van der Waals surface area contributed by atoms with Gasteiger partial charge in [0.05, 0.1) is 0 Å². The molecule has 0 aliphatic carbocycles. The summed E-state index contributed by atoms with van der Waals surface area (Å²) in [7, 11) is 0. The molecule has 0 atom stereocenters. The fraction of sp³-hybridized carbons (Fsp3) is 0.300. The maximum atomic E-state index is 11.6. The quantitative estimate of drug-likeness (QED) is 0.884. The van der Waals surface area contributed by atoms with Crippen molar-refractivity contribution in [3.63, 3.8) is 0 Å². The van der Waals surface area contributed by atoms with Crippen molar-refractivity contribution in [2.24, 2.45) is 0 Å². The topological polar surface area (TPSA) is 100 Å². The minimum atomic E-state index is -0.283. The molecule has 92 valence electrons. The van der Waals surface area contributed by atoms with E-state index in [0.717, 1.165) is 11.8 Å². The monoisotopic (exact) mass is 262 g/mol. The number of rotatable bonds is 3. The van der Waals surface area contributed by atoms with Crippen LogP contribution in [0.5, 0.6) is 0 Å². The van der Waals surface area contributed by atoms with E-state index in [0.29, 0.717) is 10.2 Å². The van der Waals surface area contributed by atoms with E-state index in [2.05, 4.69) is 20.2 Å². The van der Waals surface area contributed by atoms with E-state index in [1.54, 1.807) is 0 Å². The maximum absolute atomic E-state index is 11.6. The van der Waals surface area contributed by atoms with Gasteiger partial charge in [-0.2, -0.15) is 5.26 Å². The van der Waals surface area contributed by atoms with Gasteiger partial charge in [-0.3, -0.25) is 4.57 Å². The molecule has 0 amide bonds. The Morgan fingerprint density at radius 3 is 2.83 bits per heavy atom. The second-order valence-electron chi connectivity index (χ2n) is 3.70. The summed E-state index contributed by atoms with van der Waals surface area (Å²) in [6, 6.07) is 1.92. The first-order valence-corrected chi connectivity index (χ1v) is 6.01. The molecule has 0 aliphatic rings. The van der Waals surface area contributed by atoms with E-state index in [4.69, 9.17) is 5.26 Å². The molecule has 0 spiro atoms. The zero-order valence-electron chi connectivity index (χ0n) is 9.78. The van der Waals surface area contributed by atoms with Crippen LogP contribution >= 0.6 is 11.8 Å². The largest absolute Gasteiger partial charge is 0.344 e. The third kappa shape index (κ3) is 2.26. The molecule has 0 bridgehead atoms. The molecule has 0 saturated carbocycles. The number of nitrogens with one attached hydrogen (secondary N) is 1. The van der Waals surface area contributed by atoms with E-state index in [1.165, 1.54) is 17.0 Å². The van der Waals surface area contributed by atoms with Gasteiger partial charge < -0.3 is 0 Å². The fourth-order valence-electron chi connectivity index (χ4n) is 1.38. The van der Waals surface area contributed by atoms with E-state index in [-0.39, 0.29) is 17.4 Å². The van der Waals surface area contributed by atoms with Gasteiger partial charge in [0.15, 0.2) is 10.9 Å². The van der Waals surface area contributed by atoms with Crippen molar-refractivity contribution >= 4 is 11.8 Å². The first kappa shape index (κ1) is 12.3. The number of hydrogen-bond donors (Lipinski definition) is 1. The van der Waals surface area contributed by atoms with Gasteiger partial charge in [0.1, 0.15) is 11.1 Å². The predicted octanol–water partition coefficient (Wildman–Crippen LogP) is 0.965. The standard InChI is InChI=1S/C10H10N6OS/c1-6(2)16-9(17)14-15-10(16)18-8-7(5-11)12-3-4-13-8/h3-4,6H,1-2H3,(H,14,17). The minimum absolute atomic E-state index is 0.0269. The molecule has 0 unspecified atom stereocenters. The molecule has 2 rings (SSSR count). The summed E-state index contributed by atoms with van der Waals surface area (Å²) in [5, 5.41) is 16.1. The van der Waals surface area contributed by atoms with Crippen LogP contribution in [0.2, 0.25) is 0 Å². The molecule has 18 heavy (non-hydrogen) atoms. The highest BCUT2D eigenvalue weighted by atomic mass is 32.2. The second kappa shape index (κ2) is 5.01. The lowest BCUT2D eigenvalue weighted by atomic mass is 10.4. The van der Waals surface area contributed by atoms with Gasteiger partial charge >= 0.3 is 5.69 Å². The van der Waals surface area contributed by atoms with Gasteiger partial charge in [-0.1, -0.05) is 0 Å². The lowest BCUT2D eigenvalue weighted by Crippen LogP contribution is -2.19. The Bertz CT molecular complexity index is 653. The van der Waals surface area contributed by atoms with E-state index in [1.807, 2.05) is 19.9 Å². The summed E-state index contributed by atoms with van der Waals surface area (Å²) in [5.41, 5.74) is -0.0665. The highest BCUT2D eigenvalue weighted by molar-refractivity contribution is 7.99. The average Bonchev–Trinajstić information content (AvgIpc) is 2.71. The highest BCUT2D eigenvalue weighted by Crippen LogP contribution is 2.26. The first-order valence-electron chi connectivity index (χ1n) is 5.19. The normalized spacial score (nSPS) is 10.6. The zero-order valence-corrected chi connectivity index (χ0v) is 10.6. The van der Waals surface area contributed by atoms with Gasteiger partial charge in [0.2, 0.25) is 0 Å². The number of nitrogens with zero attached hydrogens (tertiary/aromatic N) is 5. The van der Waals surface area contributed by atoms with Gasteiger partial charge in [0, 0.05) is 18.4 Å². The van der Waals surface area contributed by atoms with Crippen LogP contribution in [0.25, 0.3) is 0 Å². The molecule has 0 aromatic carbocycles. The molecular formula is C10H10N6OS. The average molecular weight is 262 g/mol. The molecule has 0 aliphatic heterocycles. The Labute approximate surface area is 107 Å². The molecule has 1 N–H and O–H groups in total. The maximum Gasteiger partial charge on any atom is 0.344 e. The van der Waals surface area contributed by atoms with Gasteiger partial charge in [-0.05, 0) is 25.6 Å². The van der Waals surface area contributed by atoms with Crippen molar-refractivity contribution in [1.82, 2.24) is 24.7 Å². The number of nitriles is 1. The van der Waals surface area contributed by atoms with Gasteiger partial charge in [-0.15, -0.1) is 5.10 Å². The second-order valence-corrected chi connectivity index (χ2v) is 4.66. The van der Waals surface area contributed by atoms with Crippen LogP contribution in [0, 0.1) is 11.3 Å². The smallest absolute Gasteiger partial charge is 0.267 e. The van der Waals surface area contributed by atoms with Crippen molar-refractivity contribution in [3.8, 4) is 6.07 Å². The summed E-state index contributed by atoms with van der Waals surface area (Å²) in [5.74, 6) is 0. The van der Waals surface area contributed by atoms with Crippen molar-refractivity contribution in [2.45, 2.75) is 30.1 Å². The van der Waals surface area contributed by atoms with Crippen molar-refractivity contribution in [3.05, 3.63) is 28.6 Å². The van der Waals surface area contributed by atoms with Crippen LogP contribution in [-0.4, -0.2) is 24.7 Å². The van der Waals surface area contributed by atoms with Crippen LogP contribution in [0.1, 0.15) is 25.6 Å². The third-order valence-corrected chi connectivity index (χ3v) is 3.11. The number of aromatic nitrogens is 5. The Morgan fingerprint density at radius 1 is 1.44 bits per heavy atom. The molecule has 0 saturated heterocycles. The first-order chi connectivity index (χ1) is 8.63. The molecule has 7 nitrogen and oxygen atoms in total. The van der Waals surface area contributed by atoms with Crippen LogP contribution in [0.15, 0.2) is 27.4 Å². The van der Waals surface area contributed by atoms with Gasteiger partial charge in [0.25, 0.3) is 0 Å². The number of hydrogen-bond acceptors (Lipinski definition) is 6. The highest BCUT2D eigenvalue weighted by Gasteiger charge is 2.15. The lowest BCUT2D eigenvalue weighted by Gasteiger charge is -2.07. The van der Waals surface area contributed by atoms with Crippen LogP contribution in [0.4, 0.5) is 0 Å². The molecule has 2 aromatic heterocycles. The minimum Gasteiger partial charge on any atom is -0.267 e. The van der Waals surface area contributed by atoms with Crippen LogP contribution < -0.4 is 5.69 Å². The summed E-state index contributed by atoms with van der Waals surface area (Å²) in [6.07, 6.45) is 2.94. The van der Waals surface area contributed by atoms with Crippen LogP contribution in [0.3, 0.4) is 0 Å². The molecule has 0 fully saturated rings. The van der Waals surface area contributed by atoms with Gasteiger partial charge in [-0.25, -0.2) is 19.9 Å². The molecule has 8 heteroatoms. The third-order valence-electron chi connectivity index (χ3n) is 2.15. The van der Waals surface area contributed by atoms with E-state index < -0.39 is 0 Å². The van der Waals surface area contributed by atoms with E-state index >= 15 is 0 Å². The number of aromatic amines is 1. The summed E-state index contributed by atoms with van der Waals surface area (Å²) < 4.78 is 1.50. The van der Waals surface area contributed by atoms with Crippen molar-refractivity contribution in [1.29, 1.82) is 5.26 Å². The lowest BCUT2D eigenvalue weighted by molar-refractivity contribution is 0.534. The van der Waals surface area contributed by atoms with Crippen LogP contribution in [-0.2, 0) is 0 Å². The Hall–Kier alpha value is -2.14. The summed E-state index contributed by atoms with van der Waals surface area (Å²) in [4.78, 5) is 19.5. The van der Waals surface area contributed by atoms with Crippen molar-refractivity contribution < 1.29 is 0 Å². The molecule has 2 aromatic rings.